The largest absolute Gasteiger partial charge is 0.325 e. The number of nitrogens with zero attached hydrogens (tertiary/aromatic N) is 1. The fourth-order valence-corrected chi connectivity index (χ4v) is 3.32. The molecule has 4 nitrogen and oxygen atoms in total. The maximum absolute atomic E-state index is 13.0. The van der Waals surface area contributed by atoms with Gasteiger partial charge in [0.2, 0.25) is 5.91 Å². The monoisotopic (exact) mass is 308 g/mol. The van der Waals surface area contributed by atoms with Gasteiger partial charge < -0.3 is 5.32 Å². The van der Waals surface area contributed by atoms with Crippen molar-refractivity contribution >= 4 is 17.4 Å². The number of carbonyl (C=O) groups is 2. The first kappa shape index (κ1) is 15.4. The maximum atomic E-state index is 13.0. The Morgan fingerprint density at radius 3 is 2.78 bits per heavy atom. The molecule has 0 radical (unpaired) electrons. The van der Waals surface area contributed by atoms with Crippen molar-refractivity contribution in [3.05, 3.63) is 59.4 Å². The first-order valence-electron chi connectivity index (χ1n) is 7.87. The van der Waals surface area contributed by atoms with Crippen molar-refractivity contribution in [3.8, 4) is 0 Å². The molecular formula is C19H20N2O2. The number of amides is 1. The van der Waals surface area contributed by atoms with E-state index in [1.807, 2.05) is 25.1 Å². The van der Waals surface area contributed by atoms with Gasteiger partial charge in [-0.2, -0.15) is 0 Å². The molecule has 0 fully saturated rings. The van der Waals surface area contributed by atoms with Gasteiger partial charge in [-0.05, 0) is 50.3 Å². The number of ketones is 1. The highest BCUT2D eigenvalue weighted by Crippen LogP contribution is 2.38. The Morgan fingerprint density at radius 2 is 2.00 bits per heavy atom. The molecule has 0 saturated heterocycles. The predicted octanol–water partition coefficient (Wildman–Crippen LogP) is 3.52. The SMILES string of the molecule is CC(=O)c1cnccc1NC(=O)C1(C)CCCc2ccccc21. The van der Waals surface area contributed by atoms with Crippen molar-refractivity contribution in [2.24, 2.45) is 0 Å². The summed E-state index contributed by atoms with van der Waals surface area (Å²) in [7, 11) is 0. The summed E-state index contributed by atoms with van der Waals surface area (Å²) in [5, 5.41) is 2.94. The number of hydrogen-bond acceptors (Lipinski definition) is 3. The third kappa shape index (κ3) is 2.77. The molecule has 1 atom stereocenters. The molecule has 4 heteroatoms. The third-order valence-electron chi connectivity index (χ3n) is 4.68. The van der Waals surface area contributed by atoms with Gasteiger partial charge in [0.25, 0.3) is 0 Å². The van der Waals surface area contributed by atoms with Crippen molar-refractivity contribution in [2.45, 2.75) is 38.5 Å². The number of benzene rings is 1. The van der Waals surface area contributed by atoms with Crippen LogP contribution in [0.4, 0.5) is 5.69 Å². The summed E-state index contributed by atoms with van der Waals surface area (Å²) >= 11 is 0. The van der Waals surface area contributed by atoms with Crippen LogP contribution in [0.15, 0.2) is 42.7 Å². The van der Waals surface area contributed by atoms with Crippen LogP contribution >= 0.6 is 0 Å². The Balaban J connectivity index is 1.94. The van der Waals surface area contributed by atoms with Gasteiger partial charge in [0.1, 0.15) is 0 Å². The molecule has 1 aliphatic rings. The molecule has 0 bridgehead atoms. The van der Waals surface area contributed by atoms with Crippen molar-refractivity contribution in [3.63, 3.8) is 0 Å². The zero-order valence-corrected chi connectivity index (χ0v) is 13.4. The number of aryl methyl sites for hydroxylation is 1. The number of nitrogens with one attached hydrogen (secondary N) is 1. The molecule has 118 valence electrons. The summed E-state index contributed by atoms with van der Waals surface area (Å²) in [6.45, 7) is 3.46. The third-order valence-corrected chi connectivity index (χ3v) is 4.68. The number of pyridine rings is 1. The molecule has 0 saturated carbocycles. The molecule has 0 aliphatic heterocycles. The van der Waals surface area contributed by atoms with E-state index in [9.17, 15) is 9.59 Å². The van der Waals surface area contributed by atoms with Gasteiger partial charge in [-0.15, -0.1) is 0 Å². The summed E-state index contributed by atoms with van der Waals surface area (Å²) < 4.78 is 0. The van der Waals surface area contributed by atoms with Gasteiger partial charge in [0, 0.05) is 12.4 Å². The Morgan fingerprint density at radius 1 is 1.22 bits per heavy atom. The molecule has 1 unspecified atom stereocenters. The Labute approximate surface area is 135 Å². The predicted molar refractivity (Wildman–Crippen MR) is 89.6 cm³/mol. The van der Waals surface area contributed by atoms with Gasteiger partial charge in [-0.25, -0.2) is 0 Å². The summed E-state index contributed by atoms with van der Waals surface area (Å²) in [4.78, 5) is 28.7. The molecule has 3 rings (SSSR count). The molecule has 1 aliphatic carbocycles. The van der Waals surface area contributed by atoms with Crippen LogP contribution in [0.5, 0.6) is 0 Å². The summed E-state index contributed by atoms with van der Waals surface area (Å²) in [5.41, 5.74) is 2.71. The first-order valence-corrected chi connectivity index (χ1v) is 7.87. The van der Waals surface area contributed by atoms with Crippen LogP contribution in [-0.4, -0.2) is 16.7 Å². The Kier molecular flexibility index (Phi) is 3.99. The van der Waals surface area contributed by atoms with E-state index in [4.69, 9.17) is 0 Å². The minimum atomic E-state index is -0.577. The maximum Gasteiger partial charge on any atom is 0.234 e. The highest BCUT2D eigenvalue weighted by molar-refractivity contribution is 6.06. The molecule has 0 spiro atoms. The molecule has 1 N–H and O–H groups in total. The van der Waals surface area contributed by atoms with Crippen LogP contribution in [0, 0.1) is 0 Å². The number of hydrogen-bond donors (Lipinski definition) is 1. The second-order valence-electron chi connectivity index (χ2n) is 6.27. The molecule has 1 aromatic carbocycles. The van der Waals surface area contributed by atoms with E-state index < -0.39 is 5.41 Å². The second-order valence-corrected chi connectivity index (χ2v) is 6.27. The molecular weight excluding hydrogens is 288 g/mol. The van der Waals surface area contributed by atoms with Crippen molar-refractivity contribution in [2.75, 3.05) is 5.32 Å². The number of Topliss-reactive ketones (excluding diaryl/α,β-unsaturated/α-hetero) is 1. The topological polar surface area (TPSA) is 59.1 Å². The molecule has 1 heterocycles. The quantitative estimate of drug-likeness (QED) is 0.883. The average molecular weight is 308 g/mol. The zero-order chi connectivity index (χ0) is 16.4. The Hall–Kier alpha value is -2.49. The molecule has 1 aromatic heterocycles. The summed E-state index contributed by atoms with van der Waals surface area (Å²) in [6, 6.07) is 9.79. The van der Waals surface area contributed by atoms with Gasteiger partial charge >= 0.3 is 0 Å². The van der Waals surface area contributed by atoms with Crippen LogP contribution in [0.3, 0.4) is 0 Å². The van der Waals surface area contributed by atoms with E-state index in [0.717, 1.165) is 24.8 Å². The fraction of sp³-hybridized carbons (Fsp3) is 0.316. The van der Waals surface area contributed by atoms with Crippen LogP contribution in [0.2, 0.25) is 0 Å². The van der Waals surface area contributed by atoms with Crippen molar-refractivity contribution < 1.29 is 9.59 Å². The number of fused-ring (bicyclic) bond motifs is 1. The van der Waals surface area contributed by atoms with Crippen LogP contribution in [0.25, 0.3) is 0 Å². The minimum Gasteiger partial charge on any atom is -0.325 e. The van der Waals surface area contributed by atoms with E-state index in [1.54, 1.807) is 12.3 Å². The number of rotatable bonds is 3. The standard InChI is InChI=1S/C19H20N2O2/c1-13(22)15-12-20-11-9-17(15)21-18(23)19(2)10-5-7-14-6-3-4-8-16(14)19/h3-4,6,8-9,11-12H,5,7,10H2,1-2H3,(H,20,21,23). The molecule has 2 aromatic rings. The van der Waals surface area contributed by atoms with E-state index in [-0.39, 0.29) is 11.7 Å². The van der Waals surface area contributed by atoms with Gasteiger partial charge in [-0.1, -0.05) is 24.3 Å². The van der Waals surface area contributed by atoms with E-state index in [1.165, 1.54) is 18.7 Å². The zero-order valence-electron chi connectivity index (χ0n) is 13.4. The fourth-order valence-electron chi connectivity index (χ4n) is 3.32. The highest BCUT2D eigenvalue weighted by atomic mass is 16.2. The Bertz CT molecular complexity index is 769. The second kappa shape index (κ2) is 5.95. The lowest BCUT2D eigenvalue weighted by molar-refractivity contribution is -0.121. The molecule has 1 amide bonds. The lowest BCUT2D eigenvalue weighted by Gasteiger charge is -2.34. The number of aromatic nitrogens is 1. The normalized spacial score (nSPS) is 19.7. The summed E-state index contributed by atoms with van der Waals surface area (Å²) in [5.74, 6) is -0.180. The van der Waals surface area contributed by atoms with E-state index >= 15 is 0 Å². The lowest BCUT2D eigenvalue weighted by Crippen LogP contribution is -2.40. The van der Waals surface area contributed by atoms with Crippen molar-refractivity contribution in [1.82, 2.24) is 4.98 Å². The van der Waals surface area contributed by atoms with E-state index in [2.05, 4.69) is 16.4 Å². The molecule has 23 heavy (non-hydrogen) atoms. The van der Waals surface area contributed by atoms with Crippen LogP contribution in [-0.2, 0) is 16.6 Å². The van der Waals surface area contributed by atoms with Crippen molar-refractivity contribution in [1.29, 1.82) is 0 Å². The van der Waals surface area contributed by atoms with Gasteiger partial charge in [0.05, 0.1) is 16.7 Å². The van der Waals surface area contributed by atoms with Gasteiger partial charge in [0.15, 0.2) is 5.78 Å². The van der Waals surface area contributed by atoms with Gasteiger partial charge in [-0.3, -0.25) is 14.6 Å². The number of carbonyl (C=O) groups excluding carboxylic acids is 2. The van der Waals surface area contributed by atoms with Crippen LogP contribution in [0.1, 0.15) is 48.2 Å². The van der Waals surface area contributed by atoms with E-state index in [0.29, 0.717) is 11.3 Å². The first-order chi connectivity index (χ1) is 11.0. The average Bonchev–Trinajstić information content (AvgIpc) is 2.55. The highest BCUT2D eigenvalue weighted by Gasteiger charge is 2.39. The lowest BCUT2D eigenvalue weighted by atomic mass is 9.70. The van der Waals surface area contributed by atoms with Crippen LogP contribution < -0.4 is 5.32 Å². The smallest absolute Gasteiger partial charge is 0.234 e. The summed E-state index contributed by atoms with van der Waals surface area (Å²) in [6.07, 6.45) is 5.87. The minimum absolute atomic E-state index is 0.0710. The number of anilines is 1.